The molecule has 0 aliphatic rings. The molecule has 1 N–H and O–H groups in total. The van der Waals surface area contributed by atoms with Gasteiger partial charge in [-0.2, -0.15) is 0 Å². The van der Waals surface area contributed by atoms with Gasteiger partial charge >= 0.3 is 0 Å². The summed E-state index contributed by atoms with van der Waals surface area (Å²) in [5.74, 6) is 0.321. The Labute approximate surface area is 144 Å². The zero-order chi connectivity index (χ0) is 16.8. The lowest BCUT2D eigenvalue weighted by atomic mass is 10.2. The number of amides is 2. The van der Waals surface area contributed by atoms with Crippen LogP contribution in [0.4, 0.5) is 5.69 Å². The number of nitrogens with one attached hydrogen (secondary N) is 1. The molecule has 0 atom stereocenters. The van der Waals surface area contributed by atoms with Crippen LogP contribution in [0, 0.1) is 0 Å². The second-order valence-corrected chi connectivity index (χ2v) is 5.69. The third-order valence-corrected chi connectivity index (χ3v) is 3.94. The number of hydrogen-bond acceptors (Lipinski definition) is 3. The van der Waals surface area contributed by atoms with Crippen LogP contribution in [0.5, 0.6) is 0 Å². The van der Waals surface area contributed by atoms with Crippen molar-refractivity contribution in [1.82, 2.24) is 5.32 Å². The van der Waals surface area contributed by atoms with Gasteiger partial charge in [0.2, 0.25) is 11.8 Å². The van der Waals surface area contributed by atoms with Crippen LogP contribution in [0.2, 0.25) is 10.0 Å². The zero-order valence-electron chi connectivity index (χ0n) is 12.5. The molecule has 1 aromatic heterocycles. The van der Waals surface area contributed by atoms with Gasteiger partial charge in [0.1, 0.15) is 5.76 Å². The van der Waals surface area contributed by atoms with Gasteiger partial charge in [0.05, 0.1) is 22.9 Å². The van der Waals surface area contributed by atoms with Crippen molar-refractivity contribution in [1.29, 1.82) is 0 Å². The van der Waals surface area contributed by atoms with Crippen LogP contribution < -0.4 is 10.2 Å². The fourth-order valence-electron chi connectivity index (χ4n) is 2.02. The van der Waals surface area contributed by atoms with Crippen LogP contribution in [-0.2, 0) is 16.1 Å². The van der Waals surface area contributed by atoms with Crippen LogP contribution in [0.1, 0.15) is 19.1 Å². The van der Waals surface area contributed by atoms with E-state index in [4.69, 9.17) is 27.6 Å². The molecule has 0 bridgehead atoms. The Morgan fingerprint density at radius 2 is 2.00 bits per heavy atom. The topological polar surface area (TPSA) is 62.6 Å². The first kappa shape index (κ1) is 17.4. The average Bonchev–Trinajstić information content (AvgIpc) is 3.02. The molecule has 0 radical (unpaired) electrons. The van der Waals surface area contributed by atoms with Crippen LogP contribution in [0.15, 0.2) is 41.0 Å². The first-order chi connectivity index (χ1) is 11.0. The first-order valence-corrected chi connectivity index (χ1v) is 7.75. The number of rotatable bonds is 6. The molecule has 0 aliphatic carbocycles. The van der Waals surface area contributed by atoms with Gasteiger partial charge in [-0.25, -0.2) is 0 Å². The highest BCUT2D eigenvalue weighted by Gasteiger charge is 2.14. The van der Waals surface area contributed by atoms with Gasteiger partial charge in [-0.05, 0) is 30.3 Å². The lowest BCUT2D eigenvalue weighted by Crippen LogP contribution is -2.33. The maximum atomic E-state index is 11.9. The van der Waals surface area contributed by atoms with Crippen molar-refractivity contribution in [3.05, 3.63) is 52.4 Å². The summed E-state index contributed by atoms with van der Waals surface area (Å²) in [6.07, 6.45) is 1.71. The summed E-state index contributed by atoms with van der Waals surface area (Å²) in [5.41, 5.74) is 0.603. The number of furan rings is 1. The molecular formula is C16H16Cl2N2O3. The van der Waals surface area contributed by atoms with Gasteiger partial charge in [-0.3, -0.25) is 9.59 Å². The molecule has 0 unspecified atom stereocenters. The molecule has 1 aromatic carbocycles. The number of benzene rings is 1. The van der Waals surface area contributed by atoms with E-state index in [1.807, 2.05) is 0 Å². The number of carbonyl (C=O) groups is 2. The van der Waals surface area contributed by atoms with Crippen molar-refractivity contribution in [3.63, 3.8) is 0 Å². The summed E-state index contributed by atoms with van der Waals surface area (Å²) in [6.45, 7) is 2.00. The predicted molar refractivity (Wildman–Crippen MR) is 89.7 cm³/mol. The SMILES string of the molecule is CC(=O)N(CCC(=O)NCc1ccco1)c1ccc(Cl)c(Cl)c1. The molecule has 1 heterocycles. The van der Waals surface area contributed by atoms with Crippen molar-refractivity contribution in [2.24, 2.45) is 0 Å². The normalized spacial score (nSPS) is 10.4. The fourth-order valence-corrected chi connectivity index (χ4v) is 2.31. The molecule has 2 rings (SSSR count). The van der Waals surface area contributed by atoms with Gasteiger partial charge in [0, 0.05) is 25.6 Å². The third kappa shape index (κ3) is 5.01. The molecule has 2 aromatic rings. The molecular weight excluding hydrogens is 339 g/mol. The van der Waals surface area contributed by atoms with Crippen LogP contribution >= 0.6 is 23.2 Å². The summed E-state index contributed by atoms with van der Waals surface area (Å²) in [7, 11) is 0. The van der Waals surface area contributed by atoms with Crippen LogP contribution in [0.3, 0.4) is 0 Å². The molecule has 23 heavy (non-hydrogen) atoms. The van der Waals surface area contributed by atoms with E-state index in [9.17, 15) is 9.59 Å². The Kier molecular flexibility index (Phi) is 6.07. The van der Waals surface area contributed by atoms with E-state index in [1.165, 1.54) is 11.8 Å². The summed E-state index contributed by atoms with van der Waals surface area (Å²) in [4.78, 5) is 25.2. The highest BCUT2D eigenvalue weighted by Crippen LogP contribution is 2.27. The number of anilines is 1. The van der Waals surface area contributed by atoms with Gasteiger partial charge in [0.15, 0.2) is 0 Å². The minimum atomic E-state index is -0.178. The van der Waals surface area contributed by atoms with Gasteiger partial charge < -0.3 is 14.6 Å². The van der Waals surface area contributed by atoms with Gasteiger partial charge in [-0.1, -0.05) is 23.2 Å². The molecule has 0 saturated carbocycles. The molecule has 2 amide bonds. The minimum absolute atomic E-state index is 0.167. The van der Waals surface area contributed by atoms with E-state index in [-0.39, 0.29) is 24.8 Å². The maximum Gasteiger partial charge on any atom is 0.223 e. The van der Waals surface area contributed by atoms with E-state index < -0.39 is 0 Å². The monoisotopic (exact) mass is 354 g/mol. The van der Waals surface area contributed by atoms with E-state index in [0.29, 0.717) is 28.0 Å². The number of carbonyl (C=O) groups excluding carboxylic acids is 2. The van der Waals surface area contributed by atoms with Gasteiger partial charge in [-0.15, -0.1) is 0 Å². The number of hydrogen-bond donors (Lipinski definition) is 1. The summed E-state index contributed by atoms with van der Waals surface area (Å²) in [6, 6.07) is 8.44. The predicted octanol–water partition coefficient (Wildman–Crippen LogP) is 3.65. The largest absolute Gasteiger partial charge is 0.467 e. The number of halogens is 2. The van der Waals surface area contributed by atoms with Crippen molar-refractivity contribution >= 4 is 40.7 Å². The first-order valence-electron chi connectivity index (χ1n) is 6.99. The molecule has 0 spiro atoms. The Morgan fingerprint density at radius 1 is 1.22 bits per heavy atom. The van der Waals surface area contributed by atoms with E-state index in [2.05, 4.69) is 5.32 Å². The summed E-state index contributed by atoms with van der Waals surface area (Å²) in [5, 5.41) is 3.50. The van der Waals surface area contributed by atoms with Crippen molar-refractivity contribution in [2.45, 2.75) is 19.9 Å². The second-order valence-electron chi connectivity index (χ2n) is 4.88. The molecule has 0 aliphatic heterocycles. The van der Waals surface area contributed by atoms with E-state index in [1.54, 1.807) is 36.6 Å². The highest BCUT2D eigenvalue weighted by molar-refractivity contribution is 6.42. The Bertz CT molecular complexity index is 687. The number of nitrogens with zero attached hydrogens (tertiary/aromatic N) is 1. The van der Waals surface area contributed by atoms with Crippen molar-refractivity contribution in [2.75, 3.05) is 11.4 Å². The molecule has 0 saturated heterocycles. The van der Waals surface area contributed by atoms with Crippen molar-refractivity contribution in [3.8, 4) is 0 Å². The maximum absolute atomic E-state index is 11.9. The lowest BCUT2D eigenvalue weighted by Gasteiger charge is -2.21. The summed E-state index contributed by atoms with van der Waals surface area (Å²) >= 11 is 11.8. The molecule has 7 heteroatoms. The quantitative estimate of drug-likeness (QED) is 0.861. The minimum Gasteiger partial charge on any atom is -0.467 e. The van der Waals surface area contributed by atoms with E-state index >= 15 is 0 Å². The average molecular weight is 355 g/mol. The Hall–Kier alpha value is -1.98. The van der Waals surface area contributed by atoms with Crippen LogP contribution in [-0.4, -0.2) is 18.4 Å². The zero-order valence-corrected chi connectivity index (χ0v) is 14.0. The van der Waals surface area contributed by atoms with Gasteiger partial charge in [0.25, 0.3) is 0 Å². The van der Waals surface area contributed by atoms with Crippen molar-refractivity contribution < 1.29 is 14.0 Å². The molecule has 5 nitrogen and oxygen atoms in total. The summed E-state index contributed by atoms with van der Waals surface area (Å²) < 4.78 is 5.13. The Balaban J connectivity index is 1.92. The standard InChI is InChI=1S/C16H16Cl2N2O3/c1-11(21)20(12-4-5-14(17)15(18)9-12)7-6-16(22)19-10-13-3-2-8-23-13/h2-5,8-9H,6-7,10H2,1H3,(H,19,22). The second kappa shape index (κ2) is 8.04. The lowest BCUT2D eigenvalue weighted by molar-refractivity contribution is -0.121. The fraction of sp³-hybridized carbons (Fsp3) is 0.250. The highest BCUT2D eigenvalue weighted by atomic mass is 35.5. The van der Waals surface area contributed by atoms with E-state index in [0.717, 1.165) is 0 Å². The molecule has 0 fully saturated rings. The third-order valence-electron chi connectivity index (χ3n) is 3.20. The van der Waals surface area contributed by atoms with Crippen LogP contribution in [0.25, 0.3) is 0 Å². The Morgan fingerprint density at radius 3 is 2.61 bits per heavy atom. The smallest absolute Gasteiger partial charge is 0.223 e. The molecule has 122 valence electrons.